The lowest BCUT2D eigenvalue weighted by Crippen LogP contribution is -2.50. The molecule has 0 bridgehead atoms. The molecule has 0 aliphatic carbocycles. The molecule has 2 aromatic rings. The number of rotatable bonds is 4. The molecule has 0 spiro atoms. The summed E-state index contributed by atoms with van der Waals surface area (Å²) in [4.78, 5) is 25.6. The molecule has 0 aromatic heterocycles. The Kier molecular flexibility index (Phi) is 4.76. The molecular formula is C18H17F2N3O2. The van der Waals surface area contributed by atoms with Gasteiger partial charge in [-0.05, 0) is 29.7 Å². The van der Waals surface area contributed by atoms with Crippen LogP contribution in [0.25, 0.3) is 0 Å². The smallest absolute Gasteiger partial charge is 0.238 e. The minimum atomic E-state index is -0.731. The zero-order chi connectivity index (χ0) is 18.0. The molecule has 1 atom stereocenters. The van der Waals surface area contributed by atoms with E-state index in [0.29, 0.717) is 13.0 Å². The van der Waals surface area contributed by atoms with E-state index in [9.17, 15) is 18.4 Å². The molecular weight excluding hydrogens is 328 g/mol. The first-order valence-electron chi connectivity index (χ1n) is 7.79. The minimum Gasteiger partial charge on any atom is -0.368 e. The number of hydrogen-bond donors (Lipinski definition) is 2. The van der Waals surface area contributed by atoms with E-state index >= 15 is 0 Å². The van der Waals surface area contributed by atoms with Gasteiger partial charge in [0.2, 0.25) is 11.8 Å². The summed E-state index contributed by atoms with van der Waals surface area (Å²) in [5.41, 5.74) is 7.24. The maximum atomic E-state index is 13.6. The predicted octanol–water partition coefficient (Wildman–Crippen LogP) is 1.82. The summed E-state index contributed by atoms with van der Waals surface area (Å²) in [6, 6.07) is 9.79. The maximum absolute atomic E-state index is 13.6. The molecule has 7 heteroatoms. The first-order valence-corrected chi connectivity index (χ1v) is 7.79. The number of anilines is 1. The van der Waals surface area contributed by atoms with Gasteiger partial charge in [0.25, 0.3) is 0 Å². The maximum Gasteiger partial charge on any atom is 0.238 e. The molecule has 0 saturated carbocycles. The third-order valence-electron chi connectivity index (χ3n) is 4.22. The van der Waals surface area contributed by atoms with E-state index in [1.807, 2.05) is 24.3 Å². The van der Waals surface area contributed by atoms with Crippen LogP contribution in [0.1, 0.15) is 11.1 Å². The van der Waals surface area contributed by atoms with E-state index in [0.717, 1.165) is 29.3 Å². The van der Waals surface area contributed by atoms with Gasteiger partial charge >= 0.3 is 0 Å². The van der Waals surface area contributed by atoms with Crippen LogP contribution in [-0.2, 0) is 22.6 Å². The minimum absolute atomic E-state index is 0.155. The Morgan fingerprint density at radius 1 is 1.16 bits per heavy atom. The van der Waals surface area contributed by atoms with Gasteiger partial charge in [-0.1, -0.05) is 24.3 Å². The molecule has 0 unspecified atom stereocenters. The van der Waals surface area contributed by atoms with Gasteiger partial charge in [0, 0.05) is 12.6 Å². The summed E-state index contributed by atoms with van der Waals surface area (Å²) in [6.07, 6.45) is 0.410. The normalized spacial score (nSPS) is 17.0. The summed E-state index contributed by atoms with van der Waals surface area (Å²) in [6.45, 7) is 0.223. The van der Waals surface area contributed by atoms with Gasteiger partial charge in [0.05, 0.1) is 18.3 Å². The van der Waals surface area contributed by atoms with E-state index in [1.54, 1.807) is 4.90 Å². The average Bonchev–Trinajstić information content (AvgIpc) is 2.57. The van der Waals surface area contributed by atoms with Crippen LogP contribution in [0.3, 0.4) is 0 Å². The van der Waals surface area contributed by atoms with E-state index in [4.69, 9.17) is 5.73 Å². The van der Waals surface area contributed by atoms with Crippen molar-refractivity contribution in [3.05, 3.63) is 65.2 Å². The summed E-state index contributed by atoms with van der Waals surface area (Å²) >= 11 is 0. The van der Waals surface area contributed by atoms with E-state index < -0.39 is 29.5 Å². The molecule has 1 aliphatic heterocycles. The fraction of sp³-hybridized carbons (Fsp3) is 0.222. The van der Waals surface area contributed by atoms with Crippen LogP contribution in [0.2, 0.25) is 0 Å². The monoisotopic (exact) mass is 345 g/mol. The van der Waals surface area contributed by atoms with Gasteiger partial charge in [-0.25, -0.2) is 8.78 Å². The fourth-order valence-electron chi connectivity index (χ4n) is 2.99. The van der Waals surface area contributed by atoms with E-state index in [2.05, 4.69) is 5.32 Å². The molecule has 2 amide bonds. The molecule has 3 N–H and O–H groups in total. The van der Waals surface area contributed by atoms with Crippen LogP contribution in [-0.4, -0.2) is 29.3 Å². The van der Waals surface area contributed by atoms with Gasteiger partial charge in [0.15, 0.2) is 0 Å². The zero-order valence-corrected chi connectivity index (χ0v) is 13.3. The molecule has 0 fully saturated rings. The fourth-order valence-corrected chi connectivity index (χ4v) is 2.99. The highest BCUT2D eigenvalue weighted by atomic mass is 19.1. The van der Waals surface area contributed by atoms with Gasteiger partial charge in [-0.15, -0.1) is 0 Å². The van der Waals surface area contributed by atoms with Crippen LogP contribution in [0.15, 0.2) is 42.5 Å². The van der Waals surface area contributed by atoms with Gasteiger partial charge in [-0.3, -0.25) is 14.5 Å². The van der Waals surface area contributed by atoms with Crippen molar-refractivity contribution in [2.45, 2.75) is 19.0 Å². The van der Waals surface area contributed by atoms with Gasteiger partial charge < -0.3 is 11.1 Å². The second-order valence-corrected chi connectivity index (χ2v) is 5.97. The first kappa shape index (κ1) is 17.0. The first-order chi connectivity index (χ1) is 11.9. The molecule has 1 aliphatic rings. The van der Waals surface area contributed by atoms with Crippen molar-refractivity contribution in [1.29, 1.82) is 0 Å². The van der Waals surface area contributed by atoms with Crippen molar-refractivity contribution in [3.8, 4) is 0 Å². The number of amides is 2. The Hall–Kier alpha value is -2.80. The summed E-state index contributed by atoms with van der Waals surface area (Å²) in [7, 11) is 0. The van der Waals surface area contributed by atoms with Crippen LogP contribution in [0.5, 0.6) is 0 Å². The SMILES string of the molecule is NC(=O)[C@@H]1Cc2ccccc2CN1CC(=O)Nc1cc(F)ccc1F. The van der Waals surface area contributed by atoms with E-state index in [-0.39, 0.29) is 12.2 Å². The Bertz CT molecular complexity index is 826. The molecule has 0 saturated heterocycles. The number of benzene rings is 2. The van der Waals surface area contributed by atoms with Crippen molar-refractivity contribution in [1.82, 2.24) is 4.90 Å². The third kappa shape index (κ3) is 3.83. The lowest BCUT2D eigenvalue weighted by Gasteiger charge is -2.34. The Morgan fingerprint density at radius 3 is 2.60 bits per heavy atom. The Morgan fingerprint density at radius 2 is 1.88 bits per heavy atom. The molecule has 130 valence electrons. The predicted molar refractivity (Wildman–Crippen MR) is 88.5 cm³/mol. The van der Waals surface area contributed by atoms with Gasteiger partial charge in [0.1, 0.15) is 11.6 Å². The number of halogens is 2. The lowest BCUT2D eigenvalue weighted by molar-refractivity contribution is -0.125. The largest absolute Gasteiger partial charge is 0.368 e. The number of carbonyl (C=O) groups is 2. The van der Waals surface area contributed by atoms with E-state index in [1.165, 1.54) is 0 Å². The summed E-state index contributed by atoms with van der Waals surface area (Å²) < 4.78 is 26.8. The number of hydrogen-bond acceptors (Lipinski definition) is 3. The number of nitrogens with zero attached hydrogens (tertiary/aromatic N) is 1. The lowest BCUT2D eigenvalue weighted by atomic mass is 9.93. The highest BCUT2D eigenvalue weighted by Gasteiger charge is 2.31. The van der Waals surface area contributed by atoms with Crippen molar-refractivity contribution in [2.24, 2.45) is 5.73 Å². The van der Waals surface area contributed by atoms with Crippen molar-refractivity contribution >= 4 is 17.5 Å². The Balaban J connectivity index is 1.75. The number of fused-ring (bicyclic) bond motifs is 1. The van der Waals surface area contributed by atoms with Crippen LogP contribution >= 0.6 is 0 Å². The van der Waals surface area contributed by atoms with Crippen molar-refractivity contribution in [3.63, 3.8) is 0 Å². The van der Waals surface area contributed by atoms with Crippen LogP contribution in [0, 0.1) is 11.6 Å². The van der Waals surface area contributed by atoms with Crippen molar-refractivity contribution < 1.29 is 18.4 Å². The van der Waals surface area contributed by atoms with Crippen LogP contribution in [0.4, 0.5) is 14.5 Å². The van der Waals surface area contributed by atoms with Crippen LogP contribution < -0.4 is 11.1 Å². The third-order valence-corrected chi connectivity index (χ3v) is 4.22. The Labute approximate surface area is 143 Å². The second kappa shape index (κ2) is 6.98. The second-order valence-electron chi connectivity index (χ2n) is 5.97. The molecule has 1 heterocycles. The van der Waals surface area contributed by atoms with Gasteiger partial charge in [-0.2, -0.15) is 0 Å². The number of carbonyl (C=O) groups excluding carboxylic acids is 2. The molecule has 3 rings (SSSR count). The highest BCUT2D eigenvalue weighted by Crippen LogP contribution is 2.23. The highest BCUT2D eigenvalue weighted by molar-refractivity contribution is 5.93. The summed E-state index contributed by atoms with van der Waals surface area (Å²) in [5, 5.41) is 2.33. The molecule has 25 heavy (non-hydrogen) atoms. The topological polar surface area (TPSA) is 75.4 Å². The summed E-state index contributed by atoms with van der Waals surface area (Å²) in [5.74, 6) is -2.46. The average molecular weight is 345 g/mol. The molecule has 0 radical (unpaired) electrons. The van der Waals surface area contributed by atoms with Crippen molar-refractivity contribution in [2.75, 3.05) is 11.9 Å². The quantitative estimate of drug-likeness (QED) is 0.887. The number of nitrogens with two attached hydrogens (primary N) is 1. The number of primary amides is 1. The zero-order valence-electron chi connectivity index (χ0n) is 13.3. The standard InChI is InChI=1S/C18H17F2N3O2/c19-13-5-6-14(20)15(8-13)22-17(24)10-23-9-12-4-2-1-3-11(12)7-16(23)18(21)25/h1-6,8,16H,7,9-10H2,(H2,21,25)(H,22,24)/t16-/m0/s1. The molecule has 5 nitrogen and oxygen atoms in total. The molecule has 2 aromatic carbocycles. The number of nitrogens with one attached hydrogen (secondary N) is 1.